The SMILES string of the molecule is CC(C)C(O)=CC(O)C(C)C.CC(C)CC(O)=CC(O)CC(C)C.CC(O)=CC(C)O.Cc1[c-]c(-c2ccc3c([Si](C)(C)C)cc([Si](C)(C)C)cc3n2)cc(C)c1.Cc1[c-]c(-c2ccc3c([Si](C)(C)C)cc([Si](C)(C)C)cc3n2)cc(C)c1.Cc1[c-]c(-c2ccc3c([Si](C)(C)C)cc([Si](C)(C)C)cc3n2)cc(C)c1.[Ir].[Ir].[Ir]. The van der Waals surface area contributed by atoms with Gasteiger partial charge >= 0.3 is 0 Å². The molecule has 9 rings (SSSR count). The molecule has 3 heterocycles. The molecule has 3 atom stereocenters. The smallest absolute Gasteiger partial charge is 0.0933 e. The molecular formula is C94H140Ir3N3O6Si6-3. The molecule has 6 N–H and O–H groups in total. The predicted octanol–water partition coefficient (Wildman–Crippen LogP) is 22.0. The molecule has 0 aliphatic heterocycles. The van der Waals surface area contributed by atoms with E-state index in [-0.39, 0.29) is 83.7 Å². The summed E-state index contributed by atoms with van der Waals surface area (Å²) in [4.78, 5) is 15.3. The number of hydrogen-bond acceptors (Lipinski definition) is 9. The van der Waals surface area contributed by atoms with E-state index in [1.54, 1.807) is 13.0 Å². The molecule has 0 spiro atoms. The van der Waals surface area contributed by atoms with Gasteiger partial charge in [-0.2, -0.15) is 0 Å². The van der Waals surface area contributed by atoms with Crippen LogP contribution in [0.15, 0.2) is 145 Å². The maximum absolute atomic E-state index is 9.47. The largest absolute Gasteiger partial charge is 0.513 e. The number of pyridine rings is 3. The summed E-state index contributed by atoms with van der Waals surface area (Å²) in [6, 6.07) is 51.3. The Morgan fingerprint density at radius 3 is 0.884 bits per heavy atom. The molecule has 112 heavy (non-hydrogen) atoms. The van der Waals surface area contributed by atoms with Gasteiger partial charge in [-0.15, -0.1) is 105 Å². The Morgan fingerprint density at radius 2 is 0.679 bits per heavy atom. The van der Waals surface area contributed by atoms with Crippen LogP contribution >= 0.6 is 0 Å². The zero-order valence-corrected chi connectivity index (χ0v) is 87.8. The van der Waals surface area contributed by atoms with Crippen LogP contribution in [-0.2, 0) is 60.3 Å². The van der Waals surface area contributed by atoms with Crippen molar-refractivity contribution in [3.05, 3.63) is 196 Å². The number of nitrogens with zero attached hydrogens (tertiary/aromatic N) is 3. The fraction of sp³-hybridized carbons (Fsp3) is 0.457. The second kappa shape index (κ2) is 44.7. The Balaban J connectivity index is 0.000000702. The van der Waals surface area contributed by atoms with Crippen molar-refractivity contribution in [3.63, 3.8) is 0 Å². The molecule has 0 saturated carbocycles. The van der Waals surface area contributed by atoms with E-state index < -0.39 is 66.8 Å². The molecule has 9 aromatic rings. The molecule has 6 aromatic carbocycles. The number of benzene rings is 6. The molecular weight excluding hydrogens is 2010 g/mol. The Labute approximate surface area is 725 Å². The zero-order chi connectivity index (χ0) is 83.1. The first kappa shape index (κ1) is 105. The number of aliphatic hydroxyl groups is 6. The monoisotopic (exact) mass is 2150 g/mol. The number of aromatic nitrogens is 3. The summed E-state index contributed by atoms with van der Waals surface area (Å²) >= 11 is 0. The van der Waals surface area contributed by atoms with Crippen molar-refractivity contribution in [1.82, 2.24) is 15.0 Å². The first-order chi connectivity index (χ1) is 49.8. The van der Waals surface area contributed by atoms with Crippen LogP contribution in [0.25, 0.3) is 66.5 Å². The minimum atomic E-state index is -1.45. The van der Waals surface area contributed by atoms with E-state index in [9.17, 15) is 20.4 Å². The topological polar surface area (TPSA) is 160 Å². The molecule has 0 fully saturated rings. The summed E-state index contributed by atoms with van der Waals surface area (Å²) in [5, 5.41) is 67.5. The Morgan fingerprint density at radius 1 is 0.384 bits per heavy atom. The average molecular weight is 2150 g/mol. The van der Waals surface area contributed by atoms with Crippen molar-refractivity contribution in [3.8, 4) is 33.8 Å². The molecule has 621 valence electrons. The van der Waals surface area contributed by atoms with Gasteiger partial charge in [0, 0.05) is 72.7 Å². The van der Waals surface area contributed by atoms with Crippen molar-refractivity contribution in [2.45, 2.75) is 260 Å². The Hall–Kier alpha value is -4.70. The molecule has 0 amide bonds. The maximum atomic E-state index is 9.47. The molecule has 18 heteroatoms. The molecule has 0 aliphatic rings. The number of rotatable bonds is 18. The van der Waals surface area contributed by atoms with Gasteiger partial charge in [-0.25, -0.2) is 0 Å². The summed E-state index contributed by atoms with van der Waals surface area (Å²) in [7, 11) is -8.55. The number of fused-ring (bicyclic) bond motifs is 3. The molecule has 3 aromatic heterocycles. The summed E-state index contributed by atoms with van der Waals surface area (Å²) < 4.78 is 0. The second-order valence-electron chi connectivity index (χ2n) is 38.1. The third-order valence-corrected chi connectivity index (χ3v) is 30.7. The third-order valence-electron chi connectivity index (χ3n) is 18.5. The van der Waals surface area contributed by atoms with E-state index in [0.29, 0.717) is 30.4 Å². The minimum absolute atomic E-state index is 0. The molecule has 0 bridgehead atoms. The maximum Gasteiger partial charge on any atom is 0.0933 e. The van der Waals surface area contributed by atoms with Crippen molar-refractivity contribution < 1.29 is 91.0 Å². The number of hydrogen-bond donors (Lipinski definition) is 6. The first-order valence-corrected chi connectivity index (χ1v) is 60.5. The molecule has 0 aliphatic carbocycles. The van der Waals surface area contributed by atoms with Gasteiger partial charge < -0.3 is 30.6 Å². The van der Waals surface area contributed by atoms with Crippen molar-refractivity contribution in [2.24, 2.45) is 23.7 Å². The normalized spacial score (nSPS) is 13.2. The van der Waals surface area contributed by atoms with Crippen molar-refractivity contribution in [2.75, 3.05) is 0 Å². The fourth-order valence-corrected chi connectivity index (χ4v) is 21.3. The second-order valence-corrected chi connectivity index (χ2v) is 68.5. The summed E-state index contributed by atoms with van der Waals surface area (Å²) in [5.74, 6) is 1.89. The Bertz CT molecular complexity index is 4170. The van der Waals surface area contributed by atoms with Crippen LogP contribution in [0.5, 0.6) is 0 Å². The van der Waals surface area contributed by atoms with E-state index >= 15 is 0 Å². The number of allylic oxidation sites excluding steroid dienone is 3. The predicted molar refractivity (Wildman–Crippen MR) is 494 cm³/mol. The van der Waals surface area contributed by atoms with E-state index in [1.165, 1.54) is 99.7 Å². The van der Waals surface area contributed by atoms with E-state index in [1.807, 2.05) is 41.5 Å². The van der Waals surface area contributed by atoms with Gasteiger partial charge in [-0.1, -0.05) is 300 Å². The van der Waals surface area contributed by atoms with E-state index in [2.05, 4.69) is 301 Å². The van der Waals surface area contributed by atoms with Crippen LogP contribution in [0, 0.1) is 83.4 Å². The fourth-order valence-electron chi connectivity index (χ4n) is 12.6. The van der Waals surface area contributed by atoms with Crippen LogP contribution < -0.4 is 31.1 Å². The van der Waals surface area contributed by atoms with Crippen LogP contribution in [0.2, 0.25) is 118 Å². The van der Waals surface area contributed by atoms with Crippen LogP contribution in [-0.4, -0.2) is 112 Å². The Kier molecular flexibility index (Phi) is 42.1. The van der Waals surface area contributed by atoms with Crippen LogP contribution in [0.4, 0.5) is 0 Å². The number of aliphatic hydroxyl groups excluding tert-OH is 6. The average Bonchev–Trinajstić information content (AvgIpc) is 0.775. The van der Waals surface area contributed by atoms with Crippen LogP contribution in [0.3, 0.4) is 0 Å². The van der Waals surface area contributed by atoms with Gasteiger partial charge in [0.25, 0.3) is 0 Å². The van der Waals surface area contributed by atoms with Gasteiger partial charge in [-0.3, -0.25) is 15.0 Å². The number of aryl methyl sites for hydroxylation is 6. The third kappa shape index (κ3) is 34.5. The van der Waals surface area contributed by atoms with Gasteiger partial charge in [0.05, 0.1) is 101 Å². The van der Waals surface area contributed by atoms with Gasteiger partial charge in [0.15, 0.2) is 0 Å². The quantitative estimate of drug-likeness (QED) is 0.0279. The van der Waals surface area contributed by atoms with Gasteiger partial charge in [0.1, 0.15) is 0 Å². The summed E-state index contributed by atoms with van der Waals surface area (Å²) in [5.41, 5.74) is 17.1. The van der Waals surface area contributed by atoms with Gasteiger partial charge in [0.2, 0.25) is 0 Å². The molecule has 9 nitrogen and oxygen atoms in total. The standard InChI is InChI=1S/3C23H30NSi2.C11H22O2.C9H18O2.C5H10O2.3Ir/c3*1-16-11-17(2)13-18(12-16)21-10-9-20-22(24-21)14-19(25(3,4)5)15-23(20)26(6,7)8;1-8(2)5-10(12)7-11(13)6-9(3)4;1-6(2)8(10)5-9(11)7(3)4;1-4(6)3-5(2)7;;;/h3*9-12,14-15H,1-8H3;7-10,12-13H,5-6H2,1-4H3;5-8,10-11H,1-4H3;3-4,6-7H,1-2H3;;;/q3*-1;;;;;;. The summed E-state index contributed by atoms with van der Waals surface area (Å²) in [6.45, 7) is 75.3. The van der Waals surface area contributed by atoms with Crippen LogP contribution in [0.1, 0.15) is 115 Å². The summed E-state index contributed by atoms with van der Waals surface area (Å²) in [6.07, 6.45) is 4.22. The first-order valence-electron chi connectivity index (χ1n) is 39.5. The van der Waals surface area contributed by atoms with Crippen molar-refractivity contribution in [1.29, 1.82) is 0 Å². The zero-order valence-electron chi connectivity index (χ0n) is 74.6. The molecule has 3 unspecified atom stereocenters. The van der Waals surface area contributed by atoms with E-state index in [4.69, 9.17) is 25.2 Å². The van der Waals surface area contributed by atoms with E-state index in [0.717, 1.165) is 50.3 Å². The molecule has 3 radical (unpaired) electrons. The van der Waals surface area contributed by atoms with Gasteiger partial charge in [-0.05, 0) is 108 Å². The molecule has 0 saturated heterocycles. The van der Waals surface area contributed by atoms with Crippen molar-refractivity contribution >= 4 is 112 Å². The minimum Gasteiger partial charge on any atom is -0.513 e.